The maximum absolute atomic E-state index is 5.13. The lowest BCUT2D eigenvalue weighted by molar-refractivity contribution is 0.391. The maximum atomic E-state index is 5.13. The van der Waals surface area contributed by atoms with Crippen molar-refractivity contribution in [1.82, 2.24) is 25.4 Å². The Labute approximate surface area is 116 Å². The lowest BCUT2D eigenvalue weighted by atomic mass is 10.1. The Morgan fingerprint density at radius 3 is 2.50 bits per heavy atom. The zero-order valence-corrected chi connectivity index (χ0v) is 11.7. The van der Waals surface area contributed by atoms with Crippen LogP contribution in [-0.2, 0) is 6.54 Å². The molecule has 2 aromatic heterocycles. The average Bonchev–Trinajstić information content (AvgIpc) is 3.02. The minimum Gasteiger partial charge on any atom is -0.361 e. The van der Waals surface area contributed by atoms with Crippen LogP contribution >= 0.6 is 0 Å². The molecule has 102 valence electrons. The predicted molar refractivity (Wildman–Crippen MR) is 73.1 cm³/mol. The molecule has 3 aromatic rings. The highest BCUT2D eigenvalue weighted by Gasteiger charge is 2.12. The Morgan fingerprint density at radius 1 is 1.10 bits per heavy atom. The summed E-state index contributed by atoms with van der Waals surface area (Å²) in [6.45, 7) is 6.35. The number of hydrogen-bond acceptors (Lipinski definition) is 5. The quantitative estimate of drug-likeness (QED) is 0.729. The van der Waals surface area contributed by atoms with Gasteiger partial charge >= 0.3 is 0 Å². The second-order valence-electron chi connectivity index (χ2n) is 4.81. The van der Waals surface area contributed by atoms with Crippen LogP contribution in [0.2, 0.25) is 0 Å². The number of nitrogens with zero attached hydrogens (tertiary/aromatic N) is 5. The molecule has 0 saturated heterocycles. The van der Waals surface area contributed by atoms with Gasteiger partial charge in [-0.1, -0.05) is 35.0 Å². The van der Waals surface area contributed by atoms with Crippen molar-refractivity contribution in [1.29, 1.82) is 0 Å². The van der Waals surface area contributed by atoms with Crippen LogP contribution in [0.4, 0.5) is 0 Å². The molecule has 0 N–H and O–H groups in total. The van der Waals surface area contributed by atoms with Crippen molar-refractivity contribution in [3.63, 3.8) is 0 Å². The fraction of sp³-hybridized carbons (Fsp3) is 0.286. The summed E-state index contributed by atoms with van der Waals surface area (Å²) in [5, 5.41) is 16.5. The van der Waals surface area contributed by atoms with Gasteiger partial charge in [0.05, 0.1) is 12.2 Å². The molecule has 2 heterocycles. The molecule has 0 bridgehead atoms. The Hall–Kier alpha value is -2.50. The number of tetrazole rings is 1. The summed E-state index contributed by atoms with van der Waals surface area (Å²) in [5.74, 6) is 1.41. The summed E-state index contributed by atoms with van der Waals surface area (Å²) in [5.41, 5.74) is 4.02. The SMILES string of the molecule is Cc1ccc(-c2nnn(Cc3c(C)noc3C)n2)cc1. The molecule has 3 rings (SSSR count). The fourth-order valence-corrected chi connectivity index (χ4v) is 2.00. The summed E-state index contributed by atoms with van der Waals surface area (Å²) >= 11 is 0. The molecule has 0 aliphatic carbocycles. The van der Waals surface area contributed by atoms with Gasteiger partial charge in [0.2, 0.25) is 5.82 Å². The van der Waals surface area contributed by atoms with Crippen LogP contribution in [-0.4, -0.2) is 25.4 Å². The minimum absolute atomic E-state index is 0.514. The molecule has 6 heteroatoms. The van der Waals surface area contributed by atoms with Gasteiger partial charge in [-0.05, 0) is 26.0 Å². The molecule has 6 nitrogen and oxygen atoms in total. The van der Waals surface area contributed by atoms with E-state index in [1.807, 2.05) is 45.0 Å². The molecule has 1 aromatic carbocycles. The van der Waals surface area contributed by atoms with Gasteiger partial charge < -0.3 is 4.52 Å². The van der Waals surface area contributed by atoms with Gasteiger partial charge in [-0.2, -0.15) is 4.80 Å². The summed E-state index contributed by atoms with van der Waals surface area (Å²) < 4.78 is 5.13. The van der Waals surface area contributed by atoms with Gasteiger partial charge in [-0.3, -0.25) is 0 Å². The van der Waals surface area contributed by atoms with Crippen LogP contribution in [0.5, 0.6) is 0 Å². The van der Waals surface area contributed by atoms with Gasteiger partial charge in [0.15, 0.2) is 0 Å². The zero-order chi connectivity index (χ0) is 14.1. The number of aromatic nitrogens is 5. The van der Waals surface area contributed by atoms with Crippen molar-refractivity contribution >= 4 is 0 Å². The molecule has 0 spiro atoms. The van der Waals surface area contributed by atoms with E-state index in [9.17, 15) is 0 Å². The van der Waals surface area contributed by atoms with Crippen molar-refractivity contribution in [2.24, 2.45) is 0 Å². The predicted octanol–water partition coefficient (Wildman–Crippen LogP) is 2.30. The van der Waals surface area contributed by atoms with E-state index in [1.165, 1.54) is 5.56 Å². The van der Waals surface area contributed by atoms with E-state index in [2.05, 4.69) is 20.6 Å². The van der Waals surface area contributed by atoms with Crippen molar-refractivity contribution in [3.8, 4) is 11.4 Å². The van der Waals surface area contributed by atoms with Crippen molar-refractivity contribution in [2.45, 2.75) is 27.3 Å². The smallest absolute Gasteiger partial charge is 0.204 e. The largest absolute Gasteiger partial charge is 0.361 e. The third-order valence-electron chi connectivity index (χ3n) is 3.24. The first-order valence-corrected chi connectivity index (χ1v) is 6.40. The van der Waals surface area contributed by atoms with Crippen LogP contribution in [0.1, 0.15) is 22.6 Å². The first-order chi connectivity index (χ1) is 9.63. The highest BCUT2D eigenvalue weighted by atomic mass is 16.5. The summed E-state index contributed by atoms with van der Waals surface area (Å²) in [6, 6.07) is 8.05. The fourth-order valence-electron chi connectivity index (χ4n) is 2.00. The van der Waals surface area contributed by atoms with Gasteiger partial charge in [0.25, 0.3) is 0 Å². The van der Waals surface area contributed by atoms with E-state index in [0.29, 0.717) is 12.4 Å². The second kappa shape index (κ2) is 4.88. The Bertz CT molecular complexity index is 707. The first kappa shape index (κ1) is 12.5. The Balaban J connectivity index is 1.85. The van der Waals surface area contributed by atoms with Crippen LogP contribution < -0.4 is 0 Å². The minimum atomic E-state index is 0.514. The van der Waals surface area contributed by atoms with Crippen LogP contribution in [0.3, 0.4) is 0 Å². The van der Waals surface area contributed by atoms with Gasteiger partial charge in [0.1, 0.15) is 5.76 Å². The standard InChI is InChI=1S/C14H15N5O/c1-9-4-6-12(7-5-9)14-15-18-19(16-14)8-13-10(2)17-20-11(13)3/h4-7H,8H2,1-3H3. The Kier molecular flexibility index (Phi) is 3.06. The van der Waals surface area contributed by atoms with Gasteiger partial charge in [-0.25, -0.2) is 0 Å². The summed E-state index contributed by atoms with van der Waals surface area (Å²) in [6.07, 6.45) is 0. The number of rotatable bonds is 3. The monoisotopic (exact) mass is 269 g/mol. The molecule has 0 aliphatic rings. The van der Waals surface area contributed by atoms with Gasteiger partial charge in [0, 0.05) is 11.1 Å². The molecule has 0 fully saturated rings. The van der Waals surface area contributed by atoms with Crippen molar-refractivity contribution in [2.75, 3.05) is 0 Å². The Morgan fingerprint density at radius 2 is 1.85 bits per heavy atom. The molecule has 0 unspecified atom stereocenters. The van der Waals surface area contributed by atoms with E-state index in [-0.39, 0.29) is 0 Å². The third-order valence-corrected chi connectivity index (χ3v) is 3.24. The lowest BCUT2D eigenvalue weighted by Crippen LogP contribution is -2.05. The molecule has 0 amide bonds. The lowest BCUT2D eigenvalue weighted by Gasteiger charge is -1.98. The molecule has 0 atom stereocenters. The van der Waals surface area contributed by atoms with Gasteiger partial charge in [-0.15, -0.1) is 10.2 Å². The molecule has 20 heavy (non-hydrogen) atoms. The van der Waals surface area contributed by atoms with Crippen molar-refractivity contribution in [3.05, 3.63) is 46.8 Å². The average molecular weight is 269 g/mol. The summed E-state index contributed by atoms with van der Waals surface area (Å²) in [4.78, 5) is 1.56. The third kappa shape index (κ3) is 2.32. The number of benzene rings is 1. The topological polar surface area (TPSA) is 69.6 Å². The normalized spacial score (nSPS) is 10.9. The second-order valence-corrected chi connectivity index (χ2v) is 4.81. The van der Waals surface area contributed by atoms with Crippen molar-refractivity contribution < 1.29 is 4.52 Å². The highest BCUT2D eigenvalue weighted by Crippen LogP contribution is 2.16. The van der Waals surface area contributed by atoms with Crippen LogP contribution in [0, 0.1) is 20.8 Å². The number of hydrogen-bond donors (Lipinski definition) is 0. The molecule has 0 aliphatic heterocycles. The van der Waals surface area contributed by atoms with E-state index in [0.717, 1.165) is 22.6 Å². The molecule has 0 radical (unpaired) electrons. The zero-order valence-electron chi connectivity index (χ0n) is 11.7. The first-order valence-electron chi connectivity index (χ1n) is 6.40. The summed E-state index contributed by atoms with van der Waals surface area (Å²) in [7, 11) is 0. The maximum Gasteiger partial charge on any atom is 0.204 e. The molecule has 0 saturated carbocycles. The molecular weight excluding hydrogens is 254 g/mol. The van der Waals surface area contributed by atoms with E-state index < -0.39 is 0 Å². The van der Waals surface area contributed by atoms with E-state index in [1.54, 1.807) is 4.80 Å². The number of aryl methyl sites for hydroxylation is 3. The molecular formula is C14H15N5O. The van der Waals surface area contributed by atoms with Crippen LogP contribution in [0.25, 0.3) is 11.4 Å². The van der Waals surface area contributed by atoms with E-state index >= 15 is 0 Å². The highest BCUT2D eigenvalue weighted by molar-refractivity contribution is 5.54. The van der Waals surface area contributed by atoms with Crippen LogP contribution in [0.15, 0.2) is 28.8 Å². The van der Waals surface area contributed by atoms with E-state index in [4.69, 9.17) is 4.52 Å².